The van der Waals surface area contributed by atoms with Crippen LogP contribution in [0.25, 0.3) is 0 Å². The van der Waals surface area contributed by atoms with Gasteiger partial charge in [0.2, 0.25) is 0 Å². The van der Waals surface area contributed by atoms with E-state index in [9.17, 15) is 0 Å². The van der Waals surface area contributed by atoms with E-state index in [0.717, 1.165) is 25.3 Å². The lowest BCUT2D eigenvalue weighted by Gasteiger charge is -2.35. The van der Waals surface area contributed by atoms with E-state index in [1.165, 1.54) is 30.3 Å². The number of hydrogen-bond acceptors (Lipinski definition) is 2. The van der Waals surface area contributed by atoms with E-state index < -0.39 is 0 Å². The first-order valence-corrected chi connectivity index (χ1v) is 7.28. The predicted octanol–water partition coefficient (Wildman–Crippen LogP) is 3.27. The average molecular weight is 271 g/mol. The second-order valence-corrected chi connectivity index (χ2v) is 6.00. The van der Waals surface area contributed by atoms with Crippen LogP contribution in [0.5, 0.6) is 0 Å². The summed E-state index contributed by atoms with van der Waals surface area (Å²) < 4.78 is 0. The first-order chi connectivity index (χ1) is 9.55. The van der Waals surface area contributed by atoms with Gasteiger partial charge in [0.1, 0.15) is 0 Å². The van der Waals surface area contributed by atoms with Gasteiger partial charge in [0.05, 0.1) is 6.34 Å². The van der Waals surface area contributed by atoms with Crippen molar-refractivity contribution in [2.75, 3.05) is 13.1 Å². The van der Waals surface area contributed by atoms with Gasteiger partial charge in [0, 0.05) is 12.2 Å². The van der Waals surface area contributed by atoms with E-state index in [2.05, 4.69) is 43.1 Å². The van der Waals surface area contributed by atoms with Crippen LogP contribution in [0, 0.1) is 5.41 Å². The third-order valence-electron chi connectivity index (χ3n) is 4.33. The molecular formula is C17H25N3. The minimum Gasteiger partial charge on any atom is -0.333 e. The van der Waals surface area contributed by atoms with E-state index in [4.69, 9.17) is 5.41 Å². The van der Waals surface area contributed by atoms with Crippen LogP contribution in [0.2, 0.25) is 0 Å². The third-order valence-corrected chi connectivity index (χ3v) is 4.33. The van der Waals surface area contributed by atoms with Crippen molar-refractivity contribution in [2.45, 2.75) is 38.6 Å². The largest absolute Gasteiger partial charge is 0.333 e. The first-order valence-electron chi connectivity index (χ1n) is 7.28. The Morgan fingerprint density at radius 1 is 1.45 bits per heavy atom. The van der Waals surface area contributed by atoms with Crippen molar-refractivity contribution in [2.24, 2.45) is 0 Å². The molecule has 1 aliphatic heterocycles. The van der Waals surface area contributed by atoms with Crippen molar-refractivity contribution in [1.82, 2.24) is 10.2 Å². The Bertz CT molecular complexity index is 487. The van der Waals surface area contributed by atoms with E-state index in [1.54, 1.807) is 0 Å². The summed E-state index contributed by atoms with van der Waals surface area (Å²) in [6.07, 6.45) is 3.72. The first kappa shape index (κ1) is 14.8. The van der Waals surface area contributed by atoms with Crippen LogP contribution in [-0.4, -0.2) is 24.3 Å². The highest BCUT2D eigenvalue weighted by molar-refractivity contribution is 5.54. The summed E-state index contributed by atoms with van der Waals surface area (Å²) in [5, 5.41) is 10.9. The molecule has 1 heterocycles. The third kappa shape index (κ3) is 3.28. The van der Waals surface area contributed by atoms with Crippen LogP contribution < -0.4 is 5.32 Å². The minimum atomic E-state index is 0.278. The molecule has 2 N–H and O–H groups in total. The molecule has 0 spiro atoms. The van der Waals surface area contributed by atoms with Crippen LogP contribution in [0.4, 0.5) is 0 Å². The van der Waals surface area contributed by atoms with Crippen molar-refractivity contribution >= 4 is 6.34 Å². The molecule has 0 unspecified atom stereocenters. The molecular weight excluding hydrogens is 246 g/mol. The lowest BCUT2D eigenvalue weighted by molar-refractivity contribution is 0.335. The highest BCUT2D eigenvalue weighted by Crippen LogP contribution is 2.33. The van der Waals surface area contributed by atoms with Crippen LogP contribution in [0.3, 0.4) is 0 Å². The normalized spacial score (nSPS) is 17.5. The number of hydrogen-bond donors (Lipinski definition) is 2. The minimum absolute atomic E-state index is 0.278. The van der Waals surface area contributed by atoms with Gasteiger partial charge in [-0.15, -0.1) is 0 Å². The molecule has 108 valence electrons. The Hall–Kier alpha value is -1.61. The van der Waals surface area contributed by atoms with Gasteiger partial charge >= 0.3 is 0 Å². The molecule has 1 saturated heterocycles. The highest BCUT2D eigenvalue weighted by atomic mass is 15.1. The number of nitrogens with zero attached hydrogens (tertiary/aromatic N) is 1. The standard InChI is InChI=1S/C17H25N3/c1-14(2)20(13-18)12-15-5-4-6-16(11-15)17(3)7-9-19-10-8-17/h4-6,11,13,18-19H,1,7-10,12H2,2-3H3. The number of rotatable bonds is 5. The SMILES string of the molecule is C=C(C)N(C=N)Cc1cccc(C2(C)CCNCC2)c1. The number of piperidine rings is 1. The topological polar surface area (TPSA) is 39.1 Å². The van der Waals surface area contributed by atoms with Gasteiger partial charge in [-0.05, 0) is 49.4 Å². The molecule has 20 heavy (non-hydrogen) atoms. The predicted molar refractivity (Wildman–Crippen MR) is 85.0 cm³/mol. The van der Waals surface area contributed by atoms with Crippen molar-refractivity contribution < 1.29 is 0 Å². The molecule has 0 radical (unpaired) electrons. The van der Waals surface area contributed by atoms with Crippen molar-refractivity contribution in [3.8, 4) is 0 Å². The molecule has 3 heteroatoms. The van der Waals surface area contributed by atoms with E-state index >= 15 is 0 Å². The zero-order chi connectivity index (χ0) is 14.6. The molecule has 0 aromatic heterocycles. The van der Waals surface area contributed by atoms with Crippen LogP contribution in [0.1, 0.15) is 37.8 Å². The van der Waals surface area contributed by atoms with Gasteiger partial charge in [-0.1, -0.05) is 37.8 Å². The Morgan fingerprint density at radius 3 is 2.75 bits per heavy atom. The summed E-state index contributed by atoms with van der Waals surface area (Å²) in [5.74, 6) is 0. The summed E-state index contributed by atoms with van der Waals surface area (Å²) in [6, 6.07) is 8.81. The molecule has 1 aromatic carbocycles. The Kier molecular flexibility index (Phi) is 4.61. The Morgan fingerprint density at radius 2 is 2.15 bits per heavy atom. The second-order valence-electron chi connectivity index (χ2n) is 6.00. The smallest absolute Gasteiger partial charge is 0.0862 e. The van der Waals surface area contributed by atoms with Crippen molar-refractivity contribution in [3.63, 3.8) is 0 Å². The summed E-state index contributed by atoms with van der Waals surface area (Å²) >= 11 is 0. The van der Waals surface area contributed by atoms with E-state index in [-0.39, 0.29) is 5.41 Å². The maximum Gasteiger partial charge on any atom is 0.0862 e. The average Bonchev–Trinajstić information content (AvgIpc) is 2.45. The molecule has 0 atom stereocenters. The van der Waals surface area contributed by atoms with Gasteiger partial charge in [0.15, 0.2) is 0 Å². The molecule has 0 bridgehead atoms. The fourth-order valence-corrected chi connectivity index (χ4v) is 2.80. The summed E-state index contributed by atoms with van der Waals surface area (Å²) in [6.45, 7) is 11.1. The van der Waals surface area contributed by atoms with Gasteiger partial charge in [-0.2, -0.15) is 0 Å². The molecule has 0 amide bonds. The van der Waals surface area contributed by atoms with Crippen molar-refractivity contribution in [3.05, 3.63) is 47.7 Å². The molecule has 3 nitrogen and oxygen atoms in total. The van der Waals surface area contributed by atoms with Gasteiger partial charge in [-0.25, -0.2) is 0 Å². The zero-order valence-electron chi connectivity index (χ0n) is 12.6. The molecule has 0 saturated carbocycles. The molecule has 1 aromatic rings. The molecule has 2 rings (SSSR count). The van der Waals surface area contributed by atoms with Gasteiger partial charge in [-0.3, -0.25) is 5.41 Å². The van der Waals surface area contributed by atoms with Gasteiger partial charge < -0.3 is 10.2 Å². The van der Waals surface area contributed by atoms with Gasteiger partial charge in [0.25, 0.3) is 0 Å². The van der Waals surface area contributed by atoms with Crippen LogP contribution in [0.15, 0.2) is 36.5 Å². The van der Waals surface area contributed by atoms with Crippen LogP contribution >= 0.6 is 0 Å². The molecule has 1 fully saturated rings. The molecule has 1 aliphatic rings. The maximum atomic E-state index is 7.46. The summed E-state index contributed by atoms with van der Waals surface area (Å²) in [5.41, 5.74) is 3.84. The monoisotopic (exact) mass is 271 g/mol. The zero-order valence-corrected chi connectivity index (χ0v) is 12.6. The second kappa shape index (κ2) is 6.23. The summed E-state index contributed by atoms with van der Waals surface area (Å²) in [4.78, 5) is 1.86. The van der Waals surface area contributed by atoms with E-state index in [1.807, 2.05) is 11.8 Å². The van der Waals surface area contributed by atoms with Crippen LogP contribution in [-0.2, 0) is 12.0 Å². The Balaban J connectivity index is 2.19. The lowest BCUT2D eigenvalue weighted by Crippen LogP contribution is -2.37. The fourth-order valence-electron chi connectivity index (χ4n) is 2.80. The lowest BCUT2D eigenvalue weighted by atomic mass is 9.75. The highest BCUT2D eigenvalue weighted by Gasteiger charge is 2.28. The summed E-state index contributed by atoms with van der Waals surface area (Å²) in [7, 11) is 0. The quantitative estimate of drug-likeness (QED) is 0.637. The fraction of sp³-hybridized carbons (Fsp3) is 0.471. The number of allylic oxidation sites excluding steroid dienone is 1. The van der Waals surface area contributed by atoms with Crippen molar-refractivity contribution in [1.29, 1.82) is 5.41 Å². The number of benzene rings is 1. The van der Waals surface area contributed by atoms with E-state index in [0.29, 0.717) is 0 Å². The number of nitrogens with one attached hydrogen (secondary N) is 2. The Labute approximate surface area is 122 Å². The maximum absolute atomic E-state index is 7.46. The molecule has 0 aliphatic carbocycles.